The summed E-state index contributed by atoms with van der Waals surface area (Å²) in [5, 5.41) is 56.5. The smallest absolute Gasteiger partial charge is 0.229 e. The minimum Gasteiger partial charge on any atom is -0.394 e. The van der Waals surface area contributed by atoms with Crippen LogP contribution < -0.4 is 0 Å². The number of carbonyl (C=O) groups is 1. The molecule has 8 nitrogen and oxygen atoms in total. The summed E-state index contributed by atoms with van der Waals surface area (Å²) in [5.74, 6) is -3.14. The van der Waals surface area contributed by atoms with E-state index in [9.17, 15) is 30.3 Å². The summed E-state index contributed by atoms with van der Waals surface area (Å²) < 4.78 is 4.88. The van der Waals surface area contributed by atoms with Crippen molar-refractivity contribution in [2.75, 3.05) is 6.61 Å². The number of aliphatic hydroxyl groups is 6. The fourth-order valence-corrected chi connectivity index (χ4v) is 1.79. The molecule has 0 saturated carbocycles. The molecular weight excluding hydrogens is 248 g/mol. The third kappa shape index (κ3) is 2.86. The zero-order valence-corrected chi connectivity index (χ0v) is 9.80. The maximum absolute atomic E-state index is 11.2. The lowest BCUT2D eigenvalue weighted by molar-refractivity contribution is -0.304. The third-order valence-electron chi connectivity index (χ3n) is 3.02. The molecule has 6 atom stereocenters. The molecule has 18 heavy (non-hydrogen) atoms. The Kier molecular flexibility index (Phi) is 4.78. The quantitative estimate of drug-likeness (QED) is 0.307. The average Bonchev–Trinajstić information content (AvgIpc) is 2.31. The van der Waals surface area contributed by atoms with Crippen molar-refractivity contribution in [3.63, 3.8) is 0 Å². The molecule has 1 heterocycles. The van der Waals surface area contributed by atoms with E-state index in [1.807, 2.05) is 0 Å². The highest BCUT2D eigenvalue weighted by Gasteiger charge is 2.51. The highest BCUT2D eigenvalue weighted by molar-refractivity contribution is 5.83. The molecule has 0 amide bonds. The molecule has 0 radical (unpaired) electrons. The van der Waals surface area contributed by atoms with Gasteiger partial charge >= 0.3 is 0 Å². The van der Waals surface area contributed by atoms with Crippen molar-refractivity contribution in [2.24, 2.45) is 0 Å². The van der Waals surface area contributed by atoms with E-state index in [-0.39, 0.29) is 0 Å². The predicted molar refractivity (Wildman–Crippen MR) is 56.2 cm³/mol. The van der Waals surface area contributed by atoms with Crippen LogP contribution in [0.1, 0.15) is 13.3 Å². The second kappa shape index (κ2) is 5.57. The summed E-state index contributed by atoms with van der Waals surface area (Å²) in [6.45, 7) is 0.221. The first-order chi connectivity index (χ1) is 8.23. The van der Waals surface area contributed by atoms with Crippen LogP contribution in [0.3, 0.4) is 0 Å². The van der Waals surface area contributed by atoms with Gasteiger partial charge in [-0.1, -0.05) is 0 Å². The molecule has 1 rings (SSSR count). The van der Waals surface area contributed by atoms with Gasteiger partial charge in [-0.15, -0.1) is 0 Å². The van der Waals surface area contributed by atoms with Crippen LogP contribution in [0.2, 0.25) is 0 Å². The molecule has 0 aromatic carbocycles. The molecule has 1 aliphatic rings. The Hall–Kier alpha value is -0.610. The maximum Gasteiger partial charge on any atom is 0.229 e. The maximum atomic E-state index is 11.2. The molecule has 1 aliphatic heterocycles. The zero-order valence-electron chi connectivity index (χ0n) is 9.80. The summed E-state index contributed by atoms with van der Waals surface area (Å²) in [4.78, 5) is 11.2. The highest BCUT2D eigenvalue weighted by Crippen LogP contribution is 2.30. The lowest BCUT2D eigenvalue weighted by atomic mass is 9.89. The lowest BCUT2D eigenvalue weighted by Crippen LogP contribution is -2.62. The summed E-state index contributed by atoms with van der Waals surface area (Å²) in [6.07, 6.45) is -8.62. The number of carbonyl (C=O) groups excluding carboxylic acids is 1. The number of hydrogen-bond donors (Lipinski definition) is 6. The average molecular weight is 266 g/mol. The van der Waals surface area contributed by atoms with Gasteiger partial charge in [-0.25, -0.2) is 0 Å². The topological polar surface area (TPSA) is 148 Å². The third-order valence-corrected chi connectivity index (χ3v) is 3.02. The molecule has 1 saturated heterocycles. The zero-order chi connectivity index (χ0) is 14.1. The molecule has 0 aromatic heterocycles. The summed E-state index contributed by atoms with van der Waals surface area (Å²) >= 11 is 0. The van der Waals surface area contributed by atoms with Gasteiger partial charge in [0.1, 0.15) is 24.4 Å². The van der Waals surface area contributed by atoms with Gasteiger partial charge in [0.25, 0.3) is 0 Å². The molecule has 6 N–H and O–H groups in total. The molecule has 0 spiro atoms. The van der Waals surface area contributed by atoms with E-state index in [1.54, 1.807) is 0 Å². The highest BCUT2D eigenvalue weighted by atomic mass is 16.7. The van der Waals surface area contributed by atoms with Crippen LogP contribution in [0.15, 0.2) is 0 Å². The van der Waals surface area contributed by atoms with Crippen LogP contribution in [0.5, 0.6) is 0 Å². The van der Waals surface area contributed by atoms with Crippen LogP contribution >= 0.6 is 0 Å². The first-order valence-corrected chi connectivity index (χ1v) is 5.47. The van der Waals surface area contributed by atoms with Gasteiger partial charge in [0, 0.05) is 13.3 Å². The van der Waals surface area contributed by atoms with Gasteiger partial charge in [0.2, 0.25) is 5.79 Å². The van der Waals surface area contributed by atoms with E-state index in [4.69, 9.17) is 9.84 Å². The summed E-state index contributed by atoms with van der Waals surface area (Å²) in [7, 11) is 0. The van der Waals surface area contributed by atoms with Crippen molar-refractivity contribution in [2.45, 2.75) is 49.7 Å². The Morgan fingerprint density at radius 3 is 2.44 bits per heavy atom. The predicted octanol–water partition coefficient (Wildman–Crippen LogP) is -3.51. The van der Waals surface area contributed by atoms with Crippen LogP contribution in [-0.2, 0) is 9.53 Å². The van der Waals surface area contributed by atoms with Gasteiger partial charge in [0.05, 0.1) is 12.7 Å². The standard InChI is InChI=1S/C10H18O8/c1-4(12)10(17)2-5(13)7(15)9(18-10)8(16)6(14)3-11/h5-9,11,13-17H,2-3H2,1H3/t5-,6-,7+,8-,9?,10+/m0/s1. The second-order valence-corrected chi connectivity index (χ2v) is 4.43. The number of Topliss-reactive ketones (excluding diaryl/α,β-unsaturated/α-hetero) is 1. The summed E-state index contributed by atoms with van der Waals surface area (Å²) in [6, 6.07) is 0. The molecule has 0 aromatic rings. The molecule has 0 bridgehead atoms. The monoisotopic (exact) mass is 266 g/mol. The van der Waals surface area contributed by atoms with Crippen molar-refractivity contribution < 1.29 is 40.2 Å². The number of rotatable bonds is 4. The van der Waals surface area contributed by atoms with Crippen molar-refractivity contribution >= 4 is 5.78 Å². The first kappa shape index (κ1) is 15.4. The molecule has 1 fully saturated rings. The minimum absolute atomic E-state index is 0.540. The first-order valence-electron chi connectivity index (χ1n) is 5.47. The second-order valence-electron chi connectivity index (χ2n) is 4.43. The largest absolute Gasteiger partial charge is 0.394 e. The lowest BCUT2D eigenvalue weighted by Gasteiger charge is -2.43. The van der Waals surface area contributed by atoms with Crippen molar-refractivity contribution in [1.82, 2.24) is 0 Å². The number of ketones is 1. The molecule has 1 unspecified atom stereocenters. The van der Waals surface area contributed by atoms with Gasteiger partial charge < -0.3 is 35.4 Å². The van der Waals surface area contributed by atoms with Gasteiger partial charge in [-0.2, -0.15) is 0 Å². The van der Waals surface area contributed by atoms with Gasteiger partial charge in [-0.3, -0.25) is 4.79 Å². The normalized spacial score (nSPS) is 40.3. The van der Waals surface area contributed by atoms with Crippen LogP contribution in [-0.4, -0.2) is 79.3 Å². The Morgan fingerprint density at radius 1 is 1.44 bits per heavy atom. The van der Waals surface area contributed by atoms with Crippen molar-refractivity contribution in [3.8, 4) is 0 Å². The molecule has 0 aliphatic carbocycles. The van der Waals surface area contributed by atoms with Crippen molar-refractivity contribution in [3.05, 3.63) is 0 Å². The molecule has 8 heteroatoms. The van der Waals surface area contributed by atoms with E-state index in [0.717, 1.165) is 6.92 Å². The Bertz CT molecular complexity index is 308. The Balaban J connectivity index is 2.92. The fraction of sp³-hybridized carbons (Fsp3) is 0.900. The van der Waals surface area contributed by atoms with Crippen LogP contribution in [0.4, 0.5) is 0 Å². The SMILES string of the molecule is CC(=O)[C@@]1(O)C[C@H](O)[C@@H](O)C([C@@H](O)[C@@H](O)CO)O1. The number of hydrogen-bond acceptors (Lipinski definition) is 8. The van der Waals surface area contributed by atoms with Crippen LogP contribution in [0.25, 0.3) is 0 Å². The number of ether oxygens (including phenoxy) is 1. The molecule has 106 valence electrons. The van der Waals surface area contributed by atoms with E-state index in [0.29, 0.717) is 0 Å². The van der Waals surface area contributed by atoms with Crippen LogP contribution in [0, 0.1) is 0 Å². The van der Waals surface area contributed by atoms with E-state index >= 15 is 0 Å². The van der Waals surface area contributed by atoms with Gasteiger partial charge in [-0.05, 0) is 0 Å². The summed E-state index contributed by atoms with van der Waals surface area (Å²) in [5.41, 5.74) is 0. The Morgan fingerprint density at radius 2 is 2.00 bits per heavy atom. The molecular formula is C10H18O8. The van der Waals surface area contributed by atoms with Crippen molar-refractivity contribution in [1.29, 1.82) is 0 Å². The van der Waals surface area contributed by atoms with Gasteiger partial charge in [0.15, 0.2) is 5.78 Å². The van der Waals surface area contributed by atoms with E-state index in [1.165, 1.54) is 0 Å². The number of aliphatic hydroxyl groups excluding tert-OH is 5. The van der Waals surface area contributed by atoms with E-state index in [2.05, 4.69) is 0 Å². The minimum atomic E-state index is -2.33. The fourth-order valence-electron chi connectivity index (χ4n) is 1.79. The Labute approximate surface area is 103 Å². The van der Waals surface area contributed by atoms with E-state index < -0.39 is 55.1 Å².